The predicted molar refractivity (Wildman–Crippen MR) is 580 cm³/mol. The number of nitrogen functional groups attached to an aromatic ring is 7. The average molecular weight is 2180 g/mol. The number of likely N-dealkylation sites (tertiary alicyclic amines) is 1. The van der Waals surface area contributed by atoms with E-state index in [1.165, 1.54) is 5.56 Å². The number of halogens is 3. The van der Waals surface area contributed by atoms with Crippen molar-refractivity contribution in [3.8, 4) is 6.01 Å². The highest BCUT2D eigenvalue weighted by Gasteiger charge is 2.51. The molecular formula is C98H114Br3N43O3. The van der Waals surface area contributed by atoms with Crippen LogP contribution in [0.5, 0.6) is 6.01 Å². The van der Waals surface area contributed by atoms with Gasteiger partial charge in [0, 0.05) is 207 Å². The first kappa shape index (κ1) is 98.5. The number of amides is 2. The Morgan fingerprint density at radius 3 is 1.39 bits per heavy atom. The fourth-order valence-electron chi connectivity index (χ4n) is 19.4. The molecule has 15 aromatic heterocycles. The Balaban J connectivity index is 0.000000105. The second kappa shape index (κ2) is 44.0. The SMILES string of the molecule is CN1CCC(Nc2cc(N)n3ncc(Br)c3n2)CC1.Nc1cc(N2CCC(N3C(=O)Cc4ccccc43)CC2)nc2ccnn12.Nc1cc(N2CCC(Oc3ncccn3)CC2)nc2ccnn12.Nc1cc(N2CCC3(CC2)C(=O)NCN3c2ccccc2)nc2ccnn12.Nc1cc(N2CCNCC2)nc2c(Br)cnn12.Nc1cc(N2CC[C@H](N)C2)nc2ccnn12.Nc1cc(NCc2ccccc2)nc2c(Br)cnn12. The molecule has 0 unspecified atom stereocenters. The zero-order valence-electron chi connectivity index (χ0n) is 80.7. The number of aromatic nitrogens is 23. The van der Waals surface area contributed by atoms with Crippen LogP contribution >= 0.6 is 47.8 Å². The van der Waals surface area contributed by atoms with Crippen molar-refractivity contribution in [3.63, 3.8) is 0 Å². The minimum absolute atomic E-state index is 0.115. The molecule has 147 heavy (non-hydrogen) atoms. The van der Waals surface area contributed by atoms with Gasteiger partial charge in [0.1, 0.15) is 93.1 Å². The van der Waals surface area contributed by atoms with Crippen LogP contribution in [-0.4, -0.2) is 264 Å². The minimum atomic E-state index is -0.496. The number of piperidine rings is 4. The van der Waals surface area contributed by atoms with Gasteiger partial charge < -0.3 is 111 Å². The molecule has 7 saturated heterocycles. The highest BCUT2D eigenvalue weighted by Crippen LogP contribution is 2.40. The van der Waals surface area contributed by atoms with Gasteiger partial charge in [0.25, 0.3) is 0 Å². The highest BCUT2D eigenvalue weighted by atomic mass is 79.9. The van der Waals surface area contributed by atoms with Gasteiger partial charge in [-0.15, -0.1) is 0 Å². The standard InChI is InChI=1S/C19H21N7O.C19H20N6O.C15H17N7O.C13H12BrN5.C12H17BrN6.C10H13BrN6.C10H14N6/c20-15-12-17(23-16-6-9-22-26(15)16)24-10-7-19(8-11-24)18(27)21-13-25(19)14-4-2-1-3-5-14;20-16-12-18(22-17-5-8-21-25(16)17)23-9-6-14(7-10-23)24-15-4-2-1-3-13(15)11-19(24)26;16-12-10-14(20-13-2-7-19-22(12)13)21-8-3-11(4-9-21)23-15-17-5-1-6-18-15;14-10-8-17-19-11(15)6-12(18-13(10)19)16-7-9-4-2-1-3-5-9;1-18-4-2-8(3-5-18)16-11-6-10(14)19-12(17-11)9(13)7-15-19;11-7-6-14-17-8(12)5-9(15-10(7)17)16-3-1-13-2-4-16;11-7-2-4-15(6-7)10-5-8(12)16-9(14-10)1-3-13-16/h1-6,9,12H,7-8,10-11,13,20H2,(H,21,27);1-5,8,12,14H,6-7,9-11,20H2;1-2,5-7,10-11H,3-4,8-9,16H2;1-6,8H,7,15H2,(H,16,18);6-8H,2-5,14H2,1H3,(H,16,17);5-6,13H,1-4,12H2;1,3,5,7H,2,4,6,11-12H2/t;;;;;;7-/m......0/s1. The molecule has 1 spiro atoms. The quantitative estimate of drug-likeness (QED) is 0.0483. The molecular weight excluding hydrogens is 2070 g/mol. The molecule has 46 nitrogen and oxygen atoms in total. The maximum absolute atomic E-state index is 12.8. The first-order chi connectivity index (χ1) is 71.5. The van der Waals surface area contributed by atoms with E-state index in [0.717, 1.165) is 254 Å². The molecule has 49 heteroatoms. The summed E-state index contributed by atoms with van der Waals surface area (Å²) >= 11 is 10.3. The van der Waals surface area contributed by atoms with Gasteiger partial charge in [0.15, 0.2) is 39.5 Å². The first-order valence-electron chi connectivity index (χ1n) is 48.7. The molecule has 0 bridgehead atoms. The monoisotopic (exact) mass is 2180 g/mol. The number of carbonyl (C=O) groups is 2. The smallest absolute Gasteiger partial charge is 0.316 e. The third-order valence-electron chi connectivity index (χ3n) is 27.1. The van der Waals surface area contributed by atoms with Crippen molar-refractivity contribution in [3.05, 3.63) is 238 Å². The molecule has 23 heterocycles. The maximum atomic E-state index is 12.8. The third-order valence-corrected chi connectivity index (χ3v) is 28.8. The van der Waals surface area contributed by atoms with Crippen molar-refractivity contribution in [1.29, 1.82) is 0 Å². The van der Waals surface area contributed by atoms with E-state index < -0.39 is 5.54 Å². The molecule has 0 saturated carbocycles. The summed E-state index contributed by atoms with van der Waals surface area (Å²) in [4.78, 5) is 83.1. The van der Waals surface area contributed by atoms with E-state index >= 15 is 0 Å². The summed E-state index contributed by atoms with van der Waals surface area (Å²) in [6.07, 6.45) is 24.3. The lowest BCUT2D eigenvalue weighted by Gasteiger charge is -2.43. The van der Waals surface area contributed by atoms with Gasteiger partial charge >= 0.3 is 6.01 Å². The van der Waals surface area contributed by atoms with Crippen molar-refractivity contribution < 1.29 is 14.3 Å². The van der Waals surface area contributed by atoms with Crippen LogP contribution in [0.3, 0.4) is 0 Å². The van der Waals surface area contributed by atoms with Crippen molar-refractivity contribution >= 4 is 192 Å². The van der Waals surface area contributed by atoms with Crippen LogP contribution in [0, 0.1) is 0 Å². The Morgan fingerprint density at radius 1 is 0.435 bits per heavy atom. The number of carbonyl (C=O) groups excluding carboxylic acids is 2. The average Bonchev–Trinajstić information content (AvgIpc) is 1.62. The van der Waals surface area contributed by atoms with Gasteiger partial charge in [0.2, 0.25) is 11.8 Å². The summed E-state index contributed by atoms with van der Waals surface area (Å²) in [5.41, 5.74) is 57.1. The summed E-state index contributed by atoms with van der Waals surface area (Å²) in [6.45, 7) is 14.0. The second-order valence-corrected chi connectivity index (χ2v) is 39.3. The number of para-hydroxylation sites is 2. The van der Waals surface area contributed by atoms with Gasteiger partial charge in [-0.1, -0.05) is 66.7 Å². The van der Waals surface area contributed by atoms with Crippen LogP contribution in [0.25, 0.3) is 39.5 Å². The Hall–Kier alpha value is -15.9. The normalized spacial score (nSPS) is 17.1. The Bertz CT molecular complexity index is 7610. The van der Waals surface area contributed by atoms with E-state index in [9.17, 15) is 9.59 Å². The molecule has 0 radical (unpaired) electrons. The molecule has 20 N–H and O–H groups in total. The van der Waals surface area contributed by atoms with Gasteiger partial charge in [0.05, 0.1) is 69.9 Å². The van der Waals surface area contributed by atoms with E-state index in [-0.39, 0.29) is 30.0 Å². The number of fused-ring (bicyclic) bond motifs is 8. The molecule has 760 valence electrons. The molecule has 26 rings (SSSR count). The number of ether oxygens (including phenoxy) is 1. The Labute approximate surface area is 869 Å². The zero-order chi connectivity index (χ0) is 101. The molecule has 8 aliphatic heterocycles. The fraction of sp³-hybridized carbons (Fsp3) is 0.327. The molecule has 18 aromatic rings. The fourth-order valence-corrected chi connectivity index (χ4v) is 20.5. The van der Waals surface area contributed by atoms with Crippen LogP contribution in [0.15, 0.2) is 227 Å². The maximum Gasteiger partial charge on any atom is 0.316 e. The number of anilines is 16. The van der Waals surface area contributed by atoms with Crippen molar-refractivity contribution in [2.75, 3.05) is 190 Å². The largest absolute Gasteiger partial charge is 0.460 e. The number of rotatable bonds is 14. The van der Waals surface area contributed by atoms with Gasteiger partial charge in [-0.05, 0) is 148 Å². The number of benzene rings is 3. The van der Waals surface area contributed by atoms with Crippen LogP contribution in [0.1, 0.15) is 68.9 Å². The van der Waals surface area contributed by atoms with E-state index in [1.807, 2.05) is 114 Å². The van der Waals surface area contributed by atoms with Gasteiger partial charge in [-0.25, -0.2) is 44.9 Å². The Morgan fingerprint density at radius 2 is 0.871 bits per heavy atom. The van der Waals surface area contributed by atoms with E-state index in [4.69, 9.17) is 50.6 Å². The number of piperazine rings is 1. The van der Waals surface area contributed by atoms with Crippen molar-refractivity contribution in [1.82, 2.24) is 128 Å². The summed E-state index contributed by atoms with van der Waals surface area (Å²) in [5, 5.41) is 42.1. The number of hydrogen-bond donors (Lipinski definition) is 12. The number of nitrogens with one attached hydrogen (secondary N) is 4. The van der Waals surface area contributed by atoms with Crippen LogP contribution < -0.4 is 106 Å². The lowest BCUT2D eigenvalue weighted by Crippen LogP contribution is -2.56. The van der Waals surface area contributed by atoms with E-state index in [2.05, 4.69) is 227 Å². The summed E-state index contributed by atoms with van der Waals surface area (Å²) in [6, 6.07) is 51.8. The minimum Gasteiger partial charge on any atom is -0.460 e. The third kappa shape index (κ3) is 22.1. The second-order valence-electron chi connectivity index (χ2n) is 36.8. The van der Waals surface area contributed by atoms with Crippen LogP contribution in [-0.2, 0) is 22.6 Å². The van der Waals surface area contributed by atoms with Crippen molar-refractivity contribution in [2.24, 2.45) is 5.73 Å². The number of hydrogen-bond acceptors (Lipinski definition) is 37. The molecule has 1 atom stereocenters. The number of nitrogens with zero attached hydrogens (tertiary/aromatic N) is 31. The van der Waals surface area contributed by atoms with Gasteiger partial charge in [-0.3, -0.25) is 9.59 Å². The summed E-state index contributed by atoms with van der Waals surface area (Å²) < 4.78 is 19.7. The molecule has 3 aromatic carbocycles. The molecule has 0 aliphatic carbocycles. The van der Waals surface area contributed by atoms with E-state index in [1.54, 1.807) is 99.5 Å². The first-order valence-corrected chi connectivity index (χ1v) is 51.1. The van der Waals surface area contributed by atoms with Crippen LogP contribution in [0.4, 0.5) is 92.8 Å². The highest BCUT2D eigenvalue weighted by molar-refractivity contribution is 9.11. The number of nitrogens with two attached hydrogens (primary N) is 8. The molecule has 7 fully saturated rings. The molecule has 2 amide bonds. The Kier molecular flexibility index (Phi) is 29.5. The van der Waals surface area contributed by atoms with Crippen LogP contribution in [0.2, 0.25) is 0 Å². The summed E-state index contributed by atoms with van der Waals surface area (Å²) in [7, 11) is 2.15. The predicted octanol–water partition coefficient (Wildman–Crippen LogP) is 8.86. The van der Waals surface area contributed by atoms with Gasteiger partial charge in [-0.2, -0.15) is 67.3 Å². The topological polar surface area (TPSA) is 563 Å². The lowest BCUT2D eigenvalue weighted by molar-refractivity contribution is -0.124. The van der Waals surface area contributed by atoms with Crippen molar-refractivity contribution in [2.45, 2.75) is 101 Å². The summed E-state index contributed by atoms with van der Waals surface area (Å²) in [5.74, 6) is 10.4. The lowest BCUT2D eigenvalue weighted by atomic mass is 9.85. The van der Waals surface area contributed by atoms with E-state index in [0.29, 0.717) is 78.1 Å². The molecule has 8 aliphatic rings. The zero-order valence-corrected chi connectivity index (χ0v) is 85.5.